The first kappa shape index (κ1) is 31.0. The minimum atomic E-state index is 0.190. The maximum atomic E-state index is 6.39. The number of para-hydroxylation sites is 3. The summed E-state index contributed by atoms with van der Waals surface area (Å²) in [5.74, 6) is 0.885. The van der Waals surface area contributed by atoms with Crippen LogP contribution >= 0.6 is 0 Å². The molecular formula is C53H33N3O. The van der Waals surface area contributed by atoms with Gasteiger partial charge in [0.2, 0.25) is 0 Å². The van der Waals surface area contributed by atoms with E-state index in [1.54, 1.807) is 0 Å². The molecule has 0 N–H and O–H groups in total. The predicted octanol–water partition coefficient (Wildman–Crippen LogP) is 13.8. The second-order valence-corrected chi connectivity index (χ2v) is 15.6. The van der Waals surface area contributed by atoms with E-state index in [4.69, 9.17) is 14.4 Å². The summed E-state index contributed by atoms with van der Waals surface area (Å²) in [6.45, 7) is 0. The van der Waals surface area contributed by atoms with Crippen LogP contribution in [-0.2, 0) is 6.42 Å². The van der Waals surface area contributed by atoms with Crippen molar-refractivity contribution in [2.24, 2.45) is 0 Å². The van der Waals surface area contributed by atoms with E-state index < -0.39 is 0 Å². The summed E-state index contributed by atoms with van der Waals surface area (Å²) < 4.78 is 8.89. The Balaban J connectivity index is 1.02. The third-order valence-corrected chi connectivity index (χ3v) is 12.6. The van der Waals surface area contributed by atoms with E-state index in [0.29, 0.717) is 11.4 Å². The highest BCUT2D eigenvalue weighted by Crippen LogP contribution is 2.51. The molecule has 4 heteroatoms. The number of hydrogen-bond donors (Lipinski definition) is 0. The van der Waals surface area contributed by atoms with E-state index in [2.05, 4.69) is 138 Å². The van der Waals surface area contributed by atoms with Crippen LogP contribution in [0, 0.1) is 0 Å². The van der Waals surface area contributed by atoms with Crippen molar-refractivity contribution in [3.8, 4) is 33.8 Å². The molecule has 1 atom stereocenters. The van der Waals surface area contributed by atoms with E-state index in [1.165, 1.54) is 76.7 Å². The molecule has 1 aliphatic rings. The highest BCUT2D eigenvalue weighted by molar-refractivity contribution is 6.28. The van der Waals surface area contributed by atoms with Crippen LogP contribution in [0.1, 0.15) is 29.0 Å². The Kier molecular flexibility index (Phi) is 6.31. The molecule has 13 rings (SSSR count). The van der Waals surface area contributed by atoms with E-state index in [9.17, 15) is 0 Å². The van der Waals surface area contributed by atoms with Crippen molar-refractivity contribution >= 4 is 70.9 Å². The van der Waals surface area contributed by atoms with E-state index >= 15 is 0 Å². The number of furan rings is 1. The summed E-state index contributed by atoms with van der Waals surface area (Å²) in [6.07, 6.45) is 1.98. The fourth-order valence-corrected chi connectivity index (χ4v) is 10.1. The normalized spacial score (nSPS) is 14.4. The third kappa shape index (κ3) is 4.33. The van der Waals surface area contributed by atoms with Gasteiger partial charge in [-0.1, -0.05) is 140 Å². The lowest BCUT2D eigenvalue weighted by Crippen LogP contribution is -2.04. The van der Waals surface area contributed by atoms with Crippen LogP contribution in [0.2, 0.25) is 0 Å². The topological polar surface area (TPSA) is 43.3 Å². The lowest BCUT2D eigenvalue weighted by Gasteiger charge is -2.22. The van der Waals surface area contributed by atoms with Gasteiger partial charge in [0.15, 0.2) is 11.4 Å². The van der Waals surface area contributed by atoms with Crippen LogP contribution in [0.4, 0.5) is 0 Å². The zero-order valence-electron chi connectivity index (χ0n) is 30.9. The molecule has 4 nitrogen and oxygen atoms in total. The summed E-state index contributed by atoms with van der Waals surface area (Å²) in [5, 5.41) is 8.95. The SMILES string of the molecule is c1ccc(-c2nc(-c3ccc(C4CCc5cc6c7ccccc7n7c8ccccc8c(c5-c5ccc8ccccc8c54)c67)cc3)nc3c2oc2ccccc23)cc1. The van der Waals surface area contributed by atoms with Gasteiger partial charge in [-0.05, 0) is 81.8 Å². The third-order valence-electron chi connectivity index (χ3n) is 12.6. The Labute approximate surface area is 327 Å². The first-order valence-electron chi connectivity index (χ1n) is 19.8. The molecule has 57 heavy (non-hydrogen) atoms. The Hall–Kier alpha value is -7.30. The lowest BCUT2D eigenvalue weighted by molar-refractivity contribution is 0.667. The van der Waals surface area contributed by atoms with Crippen molar-refractivity contribution in [3.05, 3.63) is 187 Å². The molecule has 0 fully saturated rings. The van der Waals surface area contributed by atoms with Gasteiger partial charge < -0.3 is 8.82 Å². The molecule has 4 heterocycles. The van der Waals surface area contributed by atoms with Gasteiger partial charge in [0.25, 0.3) is 0 Å². The van der Waals surface area contributed by atoms with Gasteiger partial charge in [0, 0.05) is 44.0 Å². The van der Waals surface area contributed by atoms with Crippen LogP contribution in [0.15, 0.2) is 174 Å². The first-order valence-corrected chi connectivity index (χ1v) is 19.8. The fraction of sp³-hybridized carbons (Fsp3) is 0.0566. The van der Waals surface area contributed by atoms with Crippen LogP contribution in [0.5, 0.6) is 0 Å². The monoisotopic (exact) mass is 727 g/mol. The van der Waals surface area contributed by atoms with Crippen molar-refractivity contribution in [2.45, 2.75) is 18.8 Å². The first-order chi connectivity index (χ1) is 28.3. The van der Waals surface area contributed by atoms with E-state index in [-0.39, 0.29) is 5.92 Å². The molecule has 0 aliphatic heterocycles. The number of rotatable bonds is 3. The molecule has 1 aliphatic carbocycles. The standard InChI is InChI=1S/C53H33N3O/c1-2-13-33(14-3-1)49-52-50(40-18-8-11-21-45(40)57-52)55-53(54-49)34-24-22-32(23-25-34)37-28-27-35-30-42-38-16-6-9-19-43(38)56-44-20-10-7-17-39(44)48(51(42)56)46(35)41-29-26-31-12-4-5-15-36(31)47(37)41/h1-26,29-30,37H,27-28H2. The molecule has 4 aromatic heterocycles. The molecule has 8 aromatic carbocycles. The average molecular weight is 728 g/mol. The number of aromatic nitrogens is 3. The summed E-state index contributed by atoms with van der Waals surface area (Å²) in [4.78, 5) is 10.3. The summed E-state index contributed by atoms with van der Waals surface area (Å²) in [5.41, 5.74) is 15.9. The molecule has 0 radical (unpaired) electrons. The van der Waals surface area contributed by atoms with E-state index in [0.717, 1.165) is 46.1 Å². The quantitative estimate of drug-likeness (QED) is 0.182. The smallest absolute Gasteiger partial charge is 0.180 e. The summed E-state index contributed by atoms with van der Waals surface area (Å²) in [6, 6.07) is 61.6. The largest absolute Gasteiger partial charge is 0.452 e. The Bertz CT molecular complexity index is 3580. The van der Waals surface area contributed by atoms with Gasteiger partial charge >= 0.3 is 0 Å². The van der Waals surface area contributed by atoms with Gasteiger partial charge in [-0.2, -0.15) is 0 Å². The number of aryl methyl sites for hydroxylation is 1. The van der Waals surface area contributed by atoms with Crippen molar-refractivity contribution in [1.82, 2.24) is 14.4 Å². The van der Waals surface area contributed by atoms with Crippen molar-refractivity contribution in [1.29, 1.82) is 0 Å². The number of benzene rings is 8. The zero-order valence-corrected chi connectivity index (χ0v) is 30.9. The Morgan fingerprint density at radius 3 is 2.11 bits per heavy atom. The fourth-order valence-electron chi connectivity index (χ4n) is 10.1. The van der Waals surface area contributed by atoms with Crippen LogP contribution < -0.4 is 0 Å². The molecule has 12 aromatic rings. The van der Waals surface area contributed by atoms with Crippen LogP contribution in [-0.4, -0.2) is 14.4 Å². The van der Waals surface area contributed by atoms with E-state index in [1.807, 2.05) is 36.4 Å². The van der Waals surface area contributed by atoms with Crippen molar-refractivity contribution in [2.75, 3.05) is 0 Å². The second-order valence-electron chi connectivity index (χ2n) is 15.6. The molecule has 266 valence electrons. The van der Waals surface area contributed by atoms with Gasteiger partial charge in [-0.15, -0.1) is 0 Å². The van der Waals surface area contributed by atoms with Crippen molar-refractivity contribution < 1.29 is 4.42 Å². The zero-order chi connectivity index (χ0) is 37.2. The molecular weight excluding hydrogens is 695 g/mol. The van der Waals surface area contributed by atoms with Crippen molar-refractivity contribution in [3.63, 3.8) is 0 Å². The maximum Gasteiger partial charge on any atom is 0.180 e. The molecule has 0 spiro atoms. The van der Waals surface area contributed by atoms with Gasteiger partial charge in [-0.3, -0.25) is 0 Å². The molecule has 0 bridgehead atoms. The van der Waals surface area contributed by atoms with Gasteiger partial charge in [-0.25, -0.2) is 9.97 Å². The number of fused-ring (bicyclic) bond motifs is 15. The van der Waals surface area contributed by atoms with Crippen LogP contribution in [0.3, 0.4) is 0 Å². The van der Waals surface area contributed by atoms with Gasteiger partial charge in [0.05, 0.1) is 16.6 Å². The maximum absolute atomic E-state index is 6.39. The molecule has 0 saturated carbocycles. The van der Waals surface area contributed by atoms with Gasteiger partial charge in [0.1, 0.15) is 16.8 Å². The molecule has 0 saturated heterocycles. The Morgan fingerprint density at radius 2 is 1.26 bits per heavy atom. The molecule has 0 amide bonds. The Morgan fingerprint density at radius 1 is 0.561 bits per heavy atom. The number of hydrogen-bond acceptors (Lipinski definition) is 3. The minimum absolute atomic E-state index is 0.190. The average Bonchev–Trinajstić information content (AvgIpc) is 3.89. The predicted molar refractivity (Wildman–Crippen MR) is 234 cm³/mol. The summed E-state index contributed by atoms with van der Waals surface area (Å²) in [7, 11) is 0. The second kappa shape index (κ2) is 11.6. The van der Waals surface area contributed by atoms with Crippen LogP contribution in [0.25, 0.3) is 105 Å². The highest BCUT2D eigenvalue weighted by Gasteiger charge is 2.30. The number of nitrogens with zero attached hydrogens (tertiary/aromatic N) is 3. The summed E-state index contributed by atoms with van der Waals surface area (Å²) >= 11 is 0. The highest BCUT2D eigenvalue weighted by atomic mass is 16.3. The minimum Gasteiger partial charge on any atom is -0.452 e. The lowest BCUT2D eigenvalue weighted by atomic mass is 9.82. The molecule has 1 unspecified atom stereocenters.